The zero-order valence-corrected chi connectivity index (χ0v) is 18.0. The SMILES string of the molecule is CCc1ccc(-c2cc(C)no2)cc1S(=O)(=O)Nc1cc(Cl)c(OC)cc1OC. The van der Waals surface area contributed by atoms with Gasteiger partial charge in [0.1, 0.15) is 11.5 Å². The Hall–Kier alpha value is -2.71. The average molecular weight is 437 g/mol. The van der Waals surface area contributed by atoms with Gasteiger partial charge in [-0.05, 0) is 31.0 Å². The van der Waals surface area contributed by atoms with Crippen LogP contribution in [0.15, 0.2) is 45.8 Å². The van der Waals surface area contributed by atoms with Crippen molar-refractivity contribution in [2.75, 3.05) is 18.9 Å². The van der Waals surface area contributed by atoms with Crippen LogP contribution in [-0.2, 0) is 16.4 Å². The van der Waals surface area contributed by atoms with Gasteiger partial charge in [-0.1, -0.05) is 35.8 Å². The van der Waals surface area contributed by atoms with Crippen LogP contribution < -0.4 is 14.2 Å². The van der Waals surface area contributed by atoms with Crippen LogP contribution in [0.2, 0.25) is 5.02 Å². The van der Waals surface area contributed by atoms with Crippen LogP contribution in [0.1, 0.15) is 18.2 Å². The third kappa shape index (κ3) is 4.33. The first-order chi connectivity index (χ1) is 13.8. The van der Waals surface area contributed by atoms with E-state index in [2.05, 4.69) is 9.88 Å². The number of benzene rings is 2. The largest absolute Gasteiger partial charge is 0.495 e. The Balaban J connectivity index is 2.06. The topological polar surface area (TPSA) is 90.7 Å². The number of hydrogen-bond donors (Lipinski definition) is 1. The van der Waals surface area contributed by atoms with Gasteiger partial charge in [0.15, 0.2) is 5.76 Å². The average Bonchev–Trinajstić information content (AvgIpc) is 3.13. The molecule has 9 heteroatoms. The standard InChI is InChI=1S/C20H21ClN2O5S/c1-5-13-6-7-14(17-8-12(2)22-28-17)9-20(13)29(24,25)23-16-10-15(21)18(26-3)11-19(16)27-4/h6-11,23H,5H2,1-4H3. The molecule has 0 atom stereocenters. The Morgan fingerprint density at radius 2 is 1.83 bits per heavy atom. The molecule has 0 fully saturated rings. The van der Waals surface area contributed by atoms with Crippen molar-refractivity contribution in [2.24, 2.45) is 0 Å². The number of aromatic nitrogens is 1. The van der Waals surface area contributed by atoms with Crippen LogP contribution in [0.3, 0.4) is 0 Å². The van der Waals surface area contributed by atoms with Crippen LogP contribution in [-0.4, -0.2) is 27.8 Å². The monoisotopic (exact) mass is 436 g/mol. The summed E-state index contributed by atoms with van der Waals surface area (Å²) in [4.78, 5) is 0.139. The highest BCUT2D eigenvalue weighted by molar-refractivity contribution is 7.92. The van der Waals surface area contributed by atoms with E-state index in [1.807, 2.05) is 13.0 Å². The number of methoxy groups -OCH3 is 2. The number of nitrogens with one attached hydrogen (secondary N) is 1. The number of hydrogen-bond acceptors (Lipinski definition) is 6. The smallest absolute Gasteiger partial charge is 0.262 e. The van der Waals surface area contributed by atoms with E-state index in [1.54, 1.807) is 25.1 Å². The first-order valence-electron chi connectivity index (χ1n) is 8.80. The predicted molar refractivity (Wildman–Crippen MR) is 111 cm³/mol. The molecule has 0 radical (unpaired) electrons. The lowest BCUT2D eigenvalue weighted by molar-refractivity contribution is 0.396. The third-order valence-electron chi connectivity index (χ3n) is 4.37. The number of anilines is 1. The molecule has 2 aromatic carbocycles. The third-order valence-corrected chi connectivity index (χ3v) is 6.11. The second-order valence-electron chi connectivity index (χ2n) is 6.30. The molecule has 0 saturated heterocycles. The molecule has 0 aliphatic rings. The van der Waals surface area contributed by atoms with E-state index >= 15 is 0 Å². The predicted octanol–water partition coefficient (Wildman–Crippen LogP) is 4.68. The van der Waals surface area contributed by atoms with Gasteiger partial charge in [0.05, 0.1) is 35.5 Å². The van der Waals surface area contributed by atoms with E-state index < -0.39 is 10.0 Å². The molecular weight excluding hydrogens is 416 g/mol. The second-order valence-corrected chi connectivity index (χ2v) is 8.36. The molecule has 0 aliphatic carbocycles. The fourth-order valence-electron chi connectivity index (χ4n) is 2.89. The van der Waals surface area contributed by atoms with E-state index in [0.717, 1.165) is 0 Å². The summed E-state index contributed by atoms with van der Waals surface area (Å²) in [5, 5.41) is 4.12. The summed E-state index contributed by atoms with van der Waals surface area (Å²) in [5.74, 6) is 1.16. The highest BCUT2D eigenvalue weighted by atomic mass is 35.5. The molecule has 1 aromatic heterocycles. The highest BCUT2D eigenvalue weighted by Crippen LogP contribution is 2.37. The Labute approximate surface area is 174 Å². The summed E-state index contributed by atoms with van der Waals surface area (Å²) in [6.45, 7) is 3.68. The molecule has 0 amide bonds. The fourth-order valence-corrected chi connectivity index (χ4v) is 4.53. The van der Waals surface area contributed by atoms with Gasteiger partial charge in [-0.2, -0.15) is 0 Å². The van der Waals surface area contributed by atoms with Gasteiger partial charge in [-0.15, -0.1) is 0 Å². The van der Waals surface area contributed by atoms with E-state index in [1.165, 1.54) is 26.4 Å². The minimum absolute atomic E-state index is 0.139. The number of sulfonamides is 1. The van der Waals surface area contributed by atoms with Gasteiger partial charge in [-0.3, -0.25) is 4.72 Å². The minimum Gasteiger partial charge on any atom is -0.495 e. The van der Waals surface area contributed by atoms with Crippen molar-refractivity contribution in [3.05, 3.63) is 52.7 Å². The van der Waals surface area contributed by atoms with Gasteiger partial charge in [-0.25, -0.2) is 8.42 Å². The van der Waals surface area contributed by atoms with Crippen molar-refractivity contribution in [1.82, 2.24) is 5.16 Å². The number of rotatable bonds is 7. The molecule has 0 spiro atoms. The van der Waals surface area contributed by atoms with E-state index in [-0.39, 0.29) is 21.4 Å². The Morgan fingerprint density at radius 3 is 2.41 bits per heavy atom. The van der Waals surface area contributed by atoms with Crippen LogP contribution in [0.4, 0.5) is 5.69 Å². The molecular formula is C20H21ClN2O5S. The number of halogens is 1. The van der Waals surface area contributed by atoms with Crippen molar-refractivity contribution in [3.63, 3.8) is 0 Å². The molecule has 1 N–H and O–H groups in total. The molecule has 0 saturated carbocycles. The molecule has 7 nitrogen and oxygen atoms in total. The lowest BCUT2D eigenvalue weighted by Crippen LogP contribution is -2.16. The van der Waals surface area contributed by atoms with E-state index in [0.29, 0.717) is 34.8 Å². The lowest BCUT2D eigenvalue weighted by Gasteiger charge is -2.16. The van der Waals surface area contributed by atoms with Gasteiger partial charge < -0.3 is 14.0 Å². The quantitative estimate of drug-likeness (QED) is 0.578. The summed E-state index contributed by atoms with van der Waals surface area (Å²) in [5.41, 5.74) is 2.19. The van der Waals surface area contributed by atoms with Crippen LogP contribution in [0.5, 0.6) is 11.5 Å². The van der Waals surface area contributed by atoms with Crippen LogP contribution >= 0.6 is 11.6 Å². The molecule has 0 unspecified atom stereocenters. The zero-order chi connectivity index (χ0) is 21.2. The first kappa shape index (κ1) is 21.0. The Bertz CT molecular complexity index is 1140. The molecule has 3 rings (SSSR count). The summed E-state index contributed by atoms with van der Waals surface area (Å²) < 4.78 is 44.7. The van der Waals surface area contributed by atoms with Gasteiger partial charge in [0, 0.05) is 17.7 Å². The van der Waals surface area contributed by atoms with Crippen molar-refractivity contribution >= 4 is 27.3 Å². The maximum Gasteiger partial charge on any atom is 0.262 e. The first-order valence-corrected chi connectivity index (χ1v) is 10.7. The van der Waals surface area contributed by atoms with Gasteiger partial charge in [0.2, 0.25) is 0 Å². The molecule has 3 aromatic rings. The van der Waals surface area contributed by atoms with Crippen molar-refractivity contribution in [3.8, 4) is 22.8 Å². The summed E-state index contributed by atoms with van der Waals surface area (Å²) in [6.07, 6.45) is 0.534. The molecule has 154 valence electrons. The summed E-state index contributed by atoms with van der Waals surface area (Å²) >= 11 is 6.16. The number of nitrogens with zero attached hydrogens (tertiary/aromatic N) is 1. The fraction of sp³-hybridized carbons (Fsp3) is 0.250. The lowest BCUT2D eigenvalue weighted by atomic mass is 10.1. The van der Waals surface area contributed by atoms with Crippen LogP contribution in [0.25, 0.3) is 11.3 Å². The highest BCUT2D eigenvalue weighted by Gasteiger charge is 2.22. The normalized spacial score (nSPS) is 11.3. The maximum atomic E-state index is 13.2. The Morgan fingerprint density at radius 1 is 1.10 bits per heavy atom. The minimum atomic E-state index is -3.94. The summed E-state index contributed by atoms with van der Waals surface area (Å²) in [7, 11) is -1.04. The van der Waals surface area contributed by atoms with Crippen LogP contribution in [0, 0.1) is 6.92 Å². The summed E-state index contributed by atoms with van der Waals surface area (Å²) in [6, 6.07) is 9.86. The molecule has 0 bridgehead atoms. The Kier molecular flexibility index (Phi) is 6.04. The molecule has 29 heavy (non-hydrogen) atoms. The molecule has 0 aliphatic heterocycles. The van der Waals surface area contributed by atoms with E-state index in [4.69, 9.17) is 25.6 Å². The maximum absolute atomic E-state index is 13.2. The zero-order valence-electron chi connectivity index (χ0n) is 16.4. The van der Waals surface area contributed by atoms with E-state index in [9.17, 15) is 8.42 Å². The second kappa shape index (κ2) is 8.34. The van der Waals surface area contributed by atoms with Crippen molar-refractivity contribution < 1.29 is 22.4 Å². The number of ether oxygens (including phenoxy) is 2. The van der Waals surface area contributed by atoms with Gasteiger partial charge >= 0.3 is 0 Å². The van der Waals surface area contributed by atoms with Crippen molar-refractivity contribution in [1.29, 1.82) is 0 Å². The van der Waals surface area contributed by atoms with Gasteiger partial charge in [0.25, 0.3) is 10.0 Å². The molecule has 1 heterocycles. The van der Waals surface area contributed by atoms with Crippen molar-refractivity contribution in [2.45, 2.75) is 25.2 Å². The number of aryl methyl sites for hydroxylation is 2.